The summed E-state index contributed by atoms with van der Waals surface area (Å²) in [5.74, 6) is -1.35. The van der Waals surface area contributed by atoms with E-state index in [4.69, 9.17) is 0 Å². The van der Waals surface area contributed by atoms with Gasteiger partial charge in [0.05, 0.1) is 17.2 Å². The van der Waals surface area contributed by atoms with Crippen LogP contribution in [0.4, 0.5) is 4.39 Å². The number of hydrogen-bond donors (Lipinski definition) is 1. The number of nitrogens with one attached hydrogen (secondary N) is 1. The Hall–Kier alpha value is -3.06. The van der Waals surface area contributed by atoms with Crippen LogP contribution in [0.2, 0.25) is 0 Å². The number of carbonyl (C=O) groups is 3. The highest BCUT2D eigenvalue weighted by Crippen LogP contribution is 2.24. The number of hydrogen-bond acceptors (Lipinski definition) is 4. The summed E-state index contributed by atoms with van der Waals surface area (Å²) in [5, 5.41) is 2.81. The summed E-state index contributed by atoms with van der Waals surface area (Å²) in [6, 6.07) is 11.2. The number of carbonyl (C=O) groups excluding carboxylic acids is 3. The van der Waals surface area contributed by atoms with Gasteiger partial charge in [0.2, 0.25) is 5.91 Å². The van der Waals surface area contributed by atoms with Crippen molar-refractivity contribution in [3.63, 3.8) is 0 Å². The molecule has 29 heavy (non-hydrogen) atoms. The molecule has 0 saturated carbocycles. The van der Waals surface area contributed by atoms with Gasteiger partial charge in [-0.1, -0.05) is 23.8 Å². The zero-order valence-electron chi connectivity index (χ0n) is 16.7. The number of imide groups is 1. The molecule has 1 heterocycles. The first-order chi connectivity index (χ1) is 13.8. The number of amides is 3. The Balaban J connectivity index is 1.57. The van der Waals surface area contributed by atoms with E-state index in [9.17, 15) is 18.8 Å². The largest absolute Gasteiger partial charge is 0.354 e. The highest BCUT2D eigenvalue weighted by Gasteiger charge is 2.35. The van der Waals surface area contributed by atoms with Crippen LogP contribution < -0.4 is 5.32 Å². The zero-order chi connectivity index (χ0) is 21.1. The number of aryl methyl sites for hydroxylation is 1. The second kappa shape index (κ2) is 8.53. The molecular formula is C22H24FN3O3. The van der Waals surface area contributed by atoms with E-state index < -0.39 is 0 Å². The third kappa shape index (κ3) is 4.51. The molecule has 2 aromatic rings. The molecule has 0 spiro atoms. The molecule has 7 heteroatoms. The van der Waals surface area contributed by atoms with Crippen LogP contribution >= 0.6 is 0 Å². The molecule has 0 radical (unpaired) electrons. The molecule has 0 saturated heterocycles. The Morgan fingerprint density at radius 3 is 2.52 bits per heavy atom. The van der Waals surface area contributed by atoms with Crippen molar-refractivity contribution in [3.8, 4) is 0 Å². The van der Waals surface area contributed by atoms with Crippen molar-refractivity contribution in [1.82, 2.24) is 15.1 Å². The van der Waals surface area contributed by atoms with E-state index in [1.165, 1.54) is 12.1 Å². The number of benzene rings is 2. The van der Waals surface area contributed by atoms with Gasteiger partial charge in [-0.15, -0.1) is 0 Å². The Kier molecular flexibility index (Phi) is 6.08. The van der Waals surface area contributed by atoms with Gasteiger partial charge in [0, 0.05) is 19.5 Å². The molecule has 0 bridgehead atoms. The maximum absolute atomic E-state index is 13.5. The standard InChI is InChI=1S/C22H24FN3O3/c1-14-7-8-17-18(11-14)22(29)26(21(17)28)10-9-20(27)24-13-19(25(2)3)15-5-4-6-16(23)12-15/h4-8,11-12,19H,9-10,13H2,1-3H3,(H,24,27)/t19-/m0/s1. The second-order valence-corrected chi connectivity index (χ2v) is 7.40. The van der Waals surface area contributed by atoms with Crippen LogP contribution in [0.1, 0.15) is 44.3 Å². The average molecular weight is 397 g/mol. The Bertz CT molecular complexity index is 958. The number of nitrogens with zero attached hydrogens (tertiary/aromatic N) is 2. The normalized spacial score (nSPS) is 14.3. The molecular weight excluding hydrogens is 373 g/mol. The predicted molar refractivity (Wildman–Crippen MR) is 107 cm³/mol. The van der Waals surface area contributed by atoms with Gasteiger partial charge in [-0.3, -0.25) is 19.3 Å². The summed E-state index contributed by atoms with van der Waals surface area (Å²) in [5.41, 5.74) is 2.41. The average Bonchev–Trinajstić information content (AvgIpc) is 2.90. The van der Waals surface area contributed by atoms with E-state index in [1.54, 1.807) is 30.3 Å². The molecule has 1 N–H and O–H groups in total. The summed E-state index contributed by atoms with van der Waals surface area (Å²) in [7, 11) is 3.70. The van der Waals surface area contributed by atoms with Crippen molar-refractivity contribution in [2.45, 2.75) is 19.4 Å². The summed E-state index contributed by atoms with van der Waals surface area (Å²) >= 11 is 0. The van der Waals surface area contributed by atoms with Crippen LogP contribution in [0.25, 0.3) is 0 Å². The quantitative estimate of drug-likeness (QED) is 0.729. The summed E-state index contributed by atoms with van der Waals surface area (Å²) in [6.45, 7) is 2.16. The monoisotopic (exact) mass is 397 g/mol. The van der Waals surface area contributed by atoms with E-state index in [-0.39, 0.29) is 49.1 Å². The van der Waals surface area contributed by atoms with Crippen LogP contribution in [0, 0.1) is 12.7 Å². The molecule has 0 unspecified atom stereocenters. The van der Waals surface area contributed by atoms with Gasteiger partial charge in [-0.25, -0.2) is 4.39 Å². The molecule has 3 rings (SSSR count). The van der Waals surface area contributed by atoms with Crippen molar-refractivity contribution >= 4 is 17.7 Å². The van der Waals surface area contributed by atoms with Gasteiger partial charge in [0.25, 0.3) is 11.8 Å². The first-order valence-electron chi connectivity index (χ1n) is 9.43. The fourth-order valence-electron chi connectivity index (χ4n) is 3.43. The smallest absolute Gasteiger partial charge is 0.261 e. The van der Waals surface area contributed by atoms with Gasteiger partial charge in [0.1, 0.15) is 5.82 Å². The van der Waals surface area contributed by atoms with Crippen LogP contribution in [0.3, 0.4) is 0 Å². The molecule has 152 valence electrons. The summed E-state index contributed by atoms with van der Waals surface area (Å²) < 4.78 is 13.5. The third-order valence-electron chi connectivity index (χ3n) is 5.04. The third-order valence-corrected chi connectivity index (χ3v) is 5.04. The number of likely N-dealkylation sites (N-methyl/N-ethyl adjacent to an activating group) is 1. The zero-order valence-corrected chi connectivity index (χ0v) is 16.7. The second-order valence-electron chi connectivity index (χ2n) is 7.40. The first kappa shape index (κ1) is 20.7. The minimum atomic E-state index is -0.372. The van der Waals surface area contributed by atoms with Crippen molar-refractivity contribution in [2.24, 2.45) is 0 Å². The van der Waals surface area contributed by atoms with Crippen molar-refractivity contribution in [3.05, 3.63) is 70.5 Å². The summed E-state index contributed by atoms with van der Waals surface area (Å²) in [6.07, 6.45) is 0.00769. The molecule has 1 aliphatic heterocycles. The van der Waals surface area contributed by atoms with Crippen LogP contribution in [-0.4, -0.2) is 54.7 Å². The molecule has 3 amide bonds. The van der Waals surface area contributed by atoms with Gasteiger partial charge >= 0.3 is 0 Å². The van der Waals surface area contributed by atoms with Crippen molar-refractivity contribution in [2.75, 3.05) is 27.2 Å². The summed E-state index contributed by atoms with van der Waals surface area (Å²) in [4.78, 5) is 40.2. The number of halogens is 1. The molecule has 0 fully saturated rings. The highest BCUT2D eigenvalue weighted by atomic mass is 19.1. The Morgan fingerprint density at radius 1 is 1.10 bits per heavy atom. The minimum Gasteiger partial charge on any atom is -0.354 e. The Labute approximate surface area is 169 Å². The van der Waals surface area contributed by atoms with E-state index in [1.807, 2.05) is 25.9 Å². The topological polar surface area (TPSA) is 69.7 Å². The lowest BCUT2D eigenvalue weighted by Gasteiger charge is -2.25. The SMILES string of the molecule is Cc1ccc2c(c1)C(=O)N(CCC(=O)NC[C@@H](c1cccc(F)c1)N(C)C)C2=O. The molecule has 1 aliphatic rings. The first-order valence-corrected chi connectivity index (χ1v) is 9.43. The predicted octanol–water partition coefficient (Wildman–Crippen LogP) is 2.54. The van der Waals surface area contributed by atoms with Crippen LogP contribution in [-0.2, 0) is 4.79 Å². The fraction of sp³-hybridized carbons (Fsp3) is 0.318. The minimum absolute atomic E-state index is 0.00769. The number of fused-ring (bicyclic) bond motifs is 1. The lowest BCUT2D eigenvalue weighted by atomic mass is 10.1. The van der Waals surface area contributed by atoms with E-state index >= 15 is 0 Å². The maximum Gasteiger partial charge on any atom is 0.261 e. The van der Waals surface area contributed by atoms with Gasteiger partial charge in [0.15, 0.2) is 0 Å². The van der Waals surface area contributed by atoms with E-state index in [2.05, 4.69) is 5.32 Å². The maximum atomic E-state index is 13.5. The van der Waals surface area contributed by atoms with E-state index in [0.717, 1.165) is 16.0 Å². The highest BCUT2D eigenvalue weighted by molar-refractivity contribution is 6.21. The van der Waals surface area contributed by atoms with Gasteiger partial charge in [-0.2, -0.15) is 0 Å². The van der Waals surface area contributed by atoms with Crippen LogP contribution in [0.15, 0.2) is 42.5 Å². The molecule has 2 aromatic carbocycles. The Morgan fingerprint density at radius 2 is 1.83 bits per heavy atom. The molecule has 0 aliphatic carbocycles. The van der Waals surface area contributed by atoms with Crippen LogP contribution in [0.5, 0.6) is 0 Å². The van der Waals surface area contributed by atoms with Crippen molar-refractivity contribution in [1.29, 1.82) is 0 Å². The lowest BCUT2D eigenvalue weighted by molar-refractivity contribution is -0.121. The van der Waals surface area contributed by atoms with Gasteiger partial charge < -0.3 is 10.2 Å². The number of rotatable bonds is 7. The molecule has 0 aromatic heterocycles. The molecule has 1 atom stereocenters. The van der Waals surface area contributed by atoms with Gasteiger partial charge in [-0.05, 0) is 50.8 Å². The lowest BCUT2D eigenvalue weighted by Crippen LogP contribution is -2.37. The van der Waals surface area contributed by atoms with E-state index in [0.29, 0.717) is 11.1 Å². The fourth-order valence-corrected chi connectivity index (χ4v) is 3.43. The van der Waals surface area contributed by atoms with Crippen molar-refractivity contribution < 1.29 is 18.8 Å². The molecule has 6 nitrogen and oxygen atoms in total.